The van der Waals surface area contributed by atoms with E-state index in [1.54, 1.807) is 48.5 Å². The van der Waals surface area contributed by atoms with Gasteiger partial charge in [-0.1, -0.05) is 24.3 Å². The van der Waals surface area contributed by atoms with Crippen molar-refractivity contribution < 1.29 is 17.9 Å². The van der Waals surface area contributed by atoms with Gasteiger partial charge in [0.25, 0.3) is 10.0 Å². The van der Waals surface area contributed by atoms with Gasteiger partial charge in [0.1, 0.15) is 0 Å². The molecule has 2 rings (SSSR count). The van der Waals surface area contributed by atoms with Gasteiger partial charge in [-0.2, -0.15) is 0 Å². The van der Waals surface area contributed by atoms with Crippen molar-refractivity contribution in [3.05, 3.63) is 61.2 Å². The molecule has 0 heterocycles. The summed E-state index contributed by atoms with van der Waals surface area (Å²) in [6.45, 7) is 3.79. The highest BCUT2D eigenvalue weighted by Gasteiger charge is 2.24. The zero-order valence-electron chi connectivity index (χ0n) is 13.1. The van der Waals surface area contributed by atoms with Gasteiger partial charge >= 0.3 is 0 Å². The predicted octanol–water partition coefficient (Wildman–Crippen LogP) is 3.09. The third-order valence-corrected chi connectivity index (χ3v) is 5.09. The van der Waals surface area contributed by atoms with Crippen LogP contribution in [0.5, 0.6) is 11.5 Å². The molecule has 0 aliphatic heterocycles. The fraction of sp³-hybridized carbons (Fsp3) is 0.176. The number of ether oxygens (including phenoxy) is 2. The molecule has 0 saturated carbocycles. The molecule has 0 amide bonds. The first-order chi connectivity index (χ1) is 11.0. The number of sulfonamides is 1. The van der Waals surface area contributed by atoms with Crippen molar-refractivity contribution in [2.24, 2.45) is 0 Å². The van der Waals surface area contributed by atoms with Gasteiger partial charge < -0.3 is 9.47 Å². The smallest absolute Gasteiger partial charge is 0.264 e. The molecular formula is C17H19NO4S. The van der Waals surface area contributed by atoms with Gasteiger partial charge in [-0.05, 0) is 24.3 Å². The minimum absolute atomic E-state index is 0.146. The van der Waals surface area contributed by atoms with E-state index in [0.29, 0.717) is 17.2 Å². The Balaban J connectivity index is 2.53. The number of benzene rings is 2. The average Bonchev–Trinajstić information content (AvgIpc) is 2.59. The summed E-state index contributed by atoms with van der Waals surface area (Å²) in [5, 5.41) is 0. The summed E-state index contributed by atoms with van der Waals surface area (Å²) in [7, 11) is -0.662. The van der Waals surface area contributed by atoms with E-state index in [1.807, 2.05) is 0 Å². The highest BCUT2D eigenvalue weighted by molar-refractivity contribution is 7.92. The molecule has 0 spiro atoms. The summed E-state index contributed by atoms with van der Waals surface area (Å²) in [5.74, 6) is 0.995. The molecule has 0 atom stereocenters. The third kappa shape index (κ3) is 3.48. The van der Waals surface area contributed by atoms with Crippen LogP contribution in [0, 0.1) is 0 Å². The van der Waals surface area contributed by atoms with Gasteiger partial charge in [0.2, 0.25) is 0 Å². The van der Waals surface area contributed by atoms with Gasteiger partial charge in [-0.25, -0.2) is 8.42 Å². The molecule has 6 heteroatoms. The molecule has 0 saturated heterocycles. The summed E-state index contributed by atoms with van der Waals surface area (Å²) in [5.41, 5.74) is 0.478. The van der Waals surface area contributed by atoms with E-state index in [0.717, 1.165) is 0 Å². The molecule has 0 radical (unpaired) electrons. The minimum atomic E-state index is -3.70. The second-order valence-corrected chi connectivity index (χ2v) is 6.54. The molecule has 122 valence electrons. The number of rotatable bonds is 7. The molecule has 0 aliphatic carbocycles. The van der Waals surface area contributed by atoms with Gasteiger partial charge in [0.05, 0.1) is 31.3 Å². The van der Waals surface area contributed by atoms with Crippen LogP contribution in [0.25, 0.3) is 0 Å². The van der Waals surface area contributed by atoms with Crippen LogP contribution in [0.15, 0.2) is 66.1 Å². The van der Waals surface area contributed by atoms with Crippen molar-refractivity contribution in [3.8, 4) is 11.5 Å². The second-order valence-electron chi connectivity index (χ2n) is 4.68. The Morgan fingerprint density at radius 3 is 2.26 bits per heavy atom. The van der Waals surface area contributed by atoms with Gasteiger partial charge in [0.15, 0.2) is 11.5 Å². The van der Waals surface area contributed by atoms with Crippen molar-refractivity contribution in [1.29, 1.82) is 0 Å². The SMILES string of the molecule is C=CCN(c1ccc(OC)c(OC)c1)S(=O)(=O)c1ccccc1. The number of methoxy groups -OCH3 is 2. The van der Waals surface area contributed by atoms with E-state index in [-0.39, 0.29) is 11.4 Å². The lowest BCUT2D eigenvalue weighted by Crippen LogP contribution is -2.31. The zero-order valence-corrected chi connectivity index (χ0v) is 13.9. The third-order valence-electron chi connectivity index (χ3n) is 3.28. The molecule has 5 nitrogen and oxygen atoms in total. The standard InChI is InChI=1S/C17H19NO4S/c1-4-12-18(23(19,20)15-8-6-5-7-9-15)14-10-11-16(21-2)17(13-14)22-3/h4-11,13H,1,12H2,2-3H3. The van der Waals surface area contributed by atoms with Crippen molar-refractivity contribution in [2.45, 2.75) is 4.90 Å². The molecule has 0 aromatic heterocycles. The van der Waals surface area contributed by atoms with Gasteiger partial charge in [0, 0.05) is 6.07 Å². The van der Waals surface area contributed by atoms with Crippen molar-refractivity contribution in [3.63, 3.8) is 0 Å². The summed E-state index contributed by atoms with van der Waals surface area (Å²) in [6, 6.07) is 13.2. The molecule has 0 aliphatic rings. The molecule has 2 aromatic carbocycles. The highest BCUT2D eigenvalue weighted by atomic mass is 32.2. The monoisotopic (exact) mass is 333 g/mol. The van der Waals surface area contributed by atoms with Gasteiger partial charge in [-0.3, -0.25) is 4.31 Å². The molecule has 0 unspecified atom stereocenters. The van der Waals surface area contributed by atoms with Crippen LogP contribution < -0.4 is 13.8 Å². The summed E-state index contributed by atoms with van der Waals surface area (Å²) in [6.07, 6.45) is 1.54. The maximum absolute atomic E-state index is 12.9. The first kappa shape index (κ1) is 16.9. The van der Waals surface area contributed by atoms with E-state index in [9.17, 15) is 8.42 Å². The highest BCUT2D eigenvalue weighted by Crippen LogP contribution is 2.33. The van der Waals surface area contributed by atoms with Crippen LogP contribution in [-0.4, -0.2) is 29.2 Å². The topological polar surface area (TPSA) is 55.8 Å². The minimum Gasteiger partial charge on any atom is -0.493 e. The molecule has 0 fully saturated rings. The Morgan fingerprint density at radius 1 is 1.04 bits per heavy atom. The summed E-state index contributed by atoms with van der Waals surface area (Å²) < 4.78 is 37.5. The van der Waals surface area contributed by atoms with E-state index in [2.05, 4.69) is 6.58 Å². The predicted molar refractivity (Wildman–Crippen MR) is 90.7 cm³/mol. The fourth-order valence-electron chi connectivity index (χ4n) is 2.16. The lowest BCUT2D eigenvalue weighted by Gasteiger charge is -2.24. The van der Waals surface area contributed by atoms with Gasteiger partial charge in [-0.15, -0.1) is 6.58 Å². The van der Waals surface area contributed by atoms with Crippen LogP contribution in [0.1, 0.15) is 0 Å². The Kier molecular flexibility index (Phi) is 5.28. The van der Waals surface area contributed by atoms with E-state index in [1.165, 1.54) is 24.6 Å². The van der Waals surface area contributed by atoms with Crippen LogP contribution in [0.4, 0.5) is 5.69 Å². The Morgan fingerprint density at radius 2 is 1.70 bits per heavy atom. The quantitative estimate of drug-likeness (QED) is 0.731. The first-order valence-corrected chi connectivity index (χ1v) is 8.39. The normalized spacial score (nSPS) is 10.9. The van der Waals surface area contributed by atoms with Crippen LogP contribution in [-0.2, 0) is 10.0 Å². The van der Waals surface area contributed by atoms with Crippen LogP contribution in [0.3, 0.4) is 0 Å². The maximum Gasteiger partial charge on any atom is 0.264 e. The first-order valence-electron chi connectivity index (χ1n) is 6.95. The molecule has 2 aromatic rings. The number of nitrogens with zero attached hydrogens (tertiary/aromatic N) is 1. The van der Waals surface area contributed by atoms with E-state index < -0.39 is 10.0 Å². The second kappa shape index (κ2) is 7.19. The van der Waals surface area contributed by atoms with E-state index in [4.69, 9.17) is 9.47 Å². The summed E-state index contributed by atoms with van der Waals surface area (Å²) in [4.78, 5) is 0.219. The molecular weight excluding hydrogens is 314 g/mol. The summed E-state index contributed by atoms with van der Waals surface area (Å²) >= 11 is 0. The van der Waals surface area contributed by atoms with Crippen LogP contribution in [0.2, 0.25) is 0 Å². The Hall–Kier alpha value is -2.47. The number of hydrogen-bond donors (Lipinski definition) is 0. The molecule has 0 bridgehead atoms. The maximum atomic E-state index is 12.9. The van der Waals surface area contributed by atoms with E-state index >= 15 is 0 Å². The zero-order chi connectivity index (χ0) is 16.9. The molecule has 0 N–H and O–H groups in total. The van der Waals surface area contributed by atoms with Crippen molar-refractivity contribution >= 4 is 15.7 Å². The lowest BCUT2D eigenvalue weighted by atomic mass is 10.2. The van der Waals surface area contributed by atoms with Crippen LogP contribution >= 0.6 is 0 Å². The fourth-order valence-corrected chi connectivity index (χ4v) is 3.61. The van der Waals surface area contributed by atoms with Crippen molar-refractivity contribution in [1.82, 2.24) is 0 Å². The number of anilines is 1. The van der Waals surface area contributed by atoms with Crippen molar-refractivity contribution in [2.75, 3.05) is 25.1 Å². The Bertz CT molecular complexity index is 772. The largest absolute Gasteiger partial charge is 0.493 e. The lowest BCUT2D eigenvalue weighted by molar-refractivity contribution is 0.355. The average molecular weight is 333 g/mol. The number of hydrogen-bond acceptors (Lipinski definition) is 4. The molecule has 23 heavy (non-hydrogen) atoms. The Labute approximate surface area is 136 Å².